The molecule has 0 fully saturated rings. The van der Waals surface area contributed by atoms with E-state index in [-0.39, 0.29) is 0 Å². The summed E-state index contributed by atoms with van der Waals surface area (Å²) in [7, 11) is 0. The van der Waals surface area contributed by atoms with E-state index in [9.17, 15) is 4.79 Å². The fourth-order valence-corrected chi connectivity index (χ4v) is 2.36. The van der Waals surface area contributed by atoms with E-state index >= 15 is 0 Å². The lowest BCUT2D eigenvalue weighted by atomic mass is 10.0. The van der Waals surface area contributed by atoms with Gasteiger partial charge in [-0.2, -0.15) is 5.10 Å². The van der Waals surface area contributed by atoms with E-state index in [1.807, 2.05) is 10.9 Å². The van der Waals surface area contributed by atoms with E-state index in [0.717, 1.165) is 36.9 Å². The molecule has 2 rings (SSSR count). The normalized spacial score (nSPS) is 11.0. The molecule has 1 heterocycles. The standard InChI is InChI=1S/C17H22N2O/c1-4-9-19-11-16(12-20)17(18-19)15-7-5-14(6-8-15)10-13(2)3/h5-8,11-13H,4,9-10H2,1-3H3. The lowest BCUT2D eigenvalue weighted by Gasteiger charge is -2.05. The van der Waals surface area contributed by atoms with Gasteiger partial charge in [-0.25, -0.2) is 0 Å². The Morgan fingerprint density at radius 3 is 2.50 bits per heavy atom. The van der Waals surface area contributed by atoms with Crippen molar-refractivity contribution in [1.29, 1.82) is 0 Å². The Kier molecular flexibility index (Phi) is 4.72. The van der Waals surface area contributed by atoms with Crippen molar-refractivity contribution >= 4 is 6.29 Å². The van der Waals surface area contributed by atoms with Gasteiger partial charge in [0.1, 0.15) is 5.69 Å². The molecular formula is C17H22N2O. The van der Waals surface area contributed by atoms with Crippen molar-refractivity contribution < 1.29 is 4.79 Å². The van der Waals surface area contributed by atoms with Gasteiger partial charge in [-0.3, -0.25) is 9.48 Å². The van der Waals surface area contributed by atoms with Crippen molar-refractivity contribution in [2.45, 2.75) is 40.2 Å². The maximum Gasteiger partial charge on any atom is 0.153 e. The summed E-state index contributed by atoms with van der Waals surface area (Å²) in [5.41, 5.74) is 3.78. The Bertz CT molecular complexity index is 567. The molecule has 0 radical (unpaired) electrons. The predicted molar refractivity (Wildman–Crippen MR) is 81.9 cm³/mol. The van der Waals surface area contributed by atoms with Crippen LogP contribution in [0.2, 0.25) is 0 Å². The Morgan fingerprint density at radius 2 is 1.95 bits per heavy atom. The average Bonchev–Trinajstić information content (AvgIpc) is 2.82. The molecular weight excluding hydrogens is 248 g/mol. The van der Waals surface area contributed by atoms with Crippen molar-refractivity contribution in [1.82, 2.24) is 9.78 Å². The first-order valence-corrected chi connectivity index (χ1v) is 7.26. The van der Waals surface area contributed by atoms with Crippen LogP contribution in [0.4, 0.5) is 0 Å². The van der Waals surface area contributed by atoms with Crippen LogP contribution in [0.25, 0.3) is 11.3 Å². The number of aromatic nitrogens is 2. The maximum absolute atomic E-state index is 11.2. The van der Waals surface area contributed by atoms with Gasteiger partial charge in [-0.1, -0.05) is 45.0 Å². The van der Waals surface area contributed by atoms with Gasteiger partial charge in [0.25, 0.3) is 0 Å². The van der Waals surface area contributed by atoms with E-state index < -0.39 is 0 Å². The Morgan fingerprint density at radius 1 is 1.25 bits per heavy atom. The lowest BCUT2D eigenvalue weighted by molar-refractivity contribution is 0.112. The van der Waals surface area contributed by atoms with E-state index in [0.29, 0.717) is 11.5 Å². The van der Waals surface area contributed by atoms with Gasteiger partial charge >= 0.3 is 0 Å². The number of hydrogen-bond donors (Lipinski definition) is 0. The van der Waals surface area contributed by atoms with Crippen LogP contribution in [0.5, 0.6) is 0 Å². The fraction of sp³-hybridized carbons (Fsp3) is 0.412. The molecule has 0 unspecified atom stereocenters. The Labute approximate surface area is 120 Å². The molecule has 0 saturated carbocycles. The van der Waals surface area contributed by atoms with Crippen LogP contribution in [0.1, 0.15) is 43.1 Å². The summed E-state index contributed by atoms with van der Waals surface area (Å²) in [6.45, 7) is 7.37. The topological polar surface area (TPSA) is 34.9 Å². The van der Waals surface area contributed by atoms with Crippen LogP contribution in [0.15, 0.2) is 30.5 Å². The molecule has 0 aliphatic heterocycles. The third-order valence-electron chi connectivity index (χ3n) is 3.24. The van der Waals surface area contributed by atoms with E-state index in [2.05, 4.69) is 50.1 Å². The summed E-state index contributed by atoms with van der Waals surface area (Å²) in [4.78, 5) is 11.2. The average molecular weight is 270 g/mol. The molecule has 0 spiro atoms. The van der Waals surface area contributed by atoms with Gasteiger partial charge in [0.2, 0.25) is 0 Å². The zero-order chi connectivity index (χ0) is 14.5. The highest BCUT2D eigenvalue weighted by Gasteiger charge is 2.10. The third-order valence-corrected chi connectivity index (χ3v) is 3.24. The molecule has 2 aromatic rings. The minimum Gasteiger partial charge on any atom is -0.298 e. The molecule has 1 aromatic heterocycles. The zero-order valence-electron chi connectivity index (χ0n) is 12.5. The highest BCUT2D eigenvalue weighted by molar-refractivity contribution is 5.85. The van der Waals surface area contributed by atoms with E-state index in [4.69, 9.17) is 0 Å². The Hall–Kier alpha value is -1.90. The summed E-state index contributed by atoms with van der Waals surface area (Å²) in [5.74, 6) is 0.648. The first-order chi connectivity index (χ1) is 9.63. The van der Waals surface area contributed by atoms with Crippen molar-refractivity contribution in [3.8, 4) is 11.3 Å². The van der Waals surface area contributed by atoms with Crippen molar-refractivity contribution in [2.75, 3.05) is 0 Å². The van der Waals surface area contributed by atoms with Crippen molar-refractivity contribution in [2.24, 2.45) is 5.92 Å². The first-order valence-electron chi connectivity index (χ1n) is 7.26. The minimum absolute atomic E-state index is 0.648. The van der Waals surface area contributed by atoms with E-state index in [1.165, 1.54) is 5.56 Å². The van der Waals surface area contributed by atoms with Gasteiger partial charge in [-0.05, 0) is 24.3 Å². The molecule has 3 nitrogen and oxygen atoms in total. The highest BCUT2D eigenvalue weighted by atomic mass is 16.1. The molecule has 0 amide bonds. The molecule has 0 N–H and O–H groups in total. The number of benzene rings is 1. The molecule has 0 atom stereocenters. The summed E-state index contributed by atoms with van der Waals surface area (Å²) in [6, 6.07) is 8.37. The molecule has 0 bridgehead atoms. The lowest BCUT2D eigenvalue weighted by Crippen LogP contribution is -1.97. The summed E-state index contributed by atoms with van der Waals surface area (Å²) >= 11 is 0. The summed E-state index contributed by atoms with van der Waals surface area (Å²) in [5, 5.41) is 4.52. The zero-order valence-corrected chi connectivity index (χ0v) is 12.5. The number of hydrogen-bond acceptors (Lipinski definition) is 2. The molecule has 1 aromatic carbocycles. The molecule has 3 heteroatoms. The highest BCUT2D eigenvalue weighted by Crippen LogP contribution is 2.22. The molecule has 0 aliphatic rings. The second-order valence-corrected chi connectivity index (χ2v) is 5.61. The maximum atomic E-state index is 11.2. The summed E-state index contributed by atoms with van der Waals surface area (Å²) in [6.07, 6.45) is 4.79. The number of carbonyl (C=O) groups is 1. The van der Waals surface area contributed by atoms with Crippen molar-refractivity contribution in [3.63, 3.8) is 0 Å². The van der Waals surface area contributed by atoms with Crippen molar-refractivity contribution in [3.05, 3.63) is 41.6 Å². The number of aldehydes is 1. The Balaban J connectivity index is 2.28. The van der Waals surface area contributed by atoms with Gasteiger partial charge in [0, 0.05) is 18.3 Å². The van der Waals surface area contributed by atoms with Gasteiger partial charge in [0.15, 0.2) is 6.29 Å². The third kappa shape index (κ3) is 3.35. The number of nitrogens with zero attached hydrogens (tertiary/aromatic N) is 2. The smallest absolute Gasteiger partial charge is 0.153 e. The second kappa shape index (κ2) is 6.51. The molecule has 0 aliphatic carbocycles. The summed E-state index contributed by atoms with van der Waals surface area (Å²) < 4.78 is 1.85. The van der Waals surface area contributed by atoms with Gasteiger partial charge in [-0.15, -0.1) is 0 Å². The van der Waals surface area contributed by atoms with Crippen LogP contribution >= 0.6 is 0 Å². The quantitative estimate of drug-likeness (QED) is 0.744. The SMILES string of the molecule is CCCn1cc(C=O)c(-c2ccc(CC(C)C)cc2)n1. The largest absolute Gasteiger partial charge is 0.298 e. The monoisotopic (exact) mass is 270 g/mol. The van der Waals surface area contributed by atoms with E-state index in [1.54, 1.807) is 0 Å². The number of rotatable bonds is 6. The van der Waals surface area contributed by atoms with Crippen LogP contribution in [0.3, 0.4) is 0 Å². The van der Waals surface area contributed by atoms with Crippen LogP contribution in [0, 0.1) is 5.92 Å². The molecule has 106 valence electrons. The first kappa shape index (κ1) is 14.5. The molecule has 20 heavy (non-hydrogen) atoms. The number of carbonyl (C=O) groups excluding carboxylic acids is 1. The number of aryl methyl sites for hydroxylation is 1. The van der Waals surface area contributed by atoms with Crippen LogP contribution in [-0.4, -0.2) is 16.1 Å². The van der Waals surface area contributed by atoms with Gasteiger partial charge < -0.3 is 0 Å². The second-order valence-electron chi connectivity index (χ2n) is 5.61. The van der Waals surface area contributed by atoms with Crippen LogP contribution in [-0.2, 0) is 13.0 Å². The predicted octanol–water partition coefficient (Wildman–Crippen LogP) is 3.97. The van der Waals surface area contributed by atoms with Gasteiger partial charge in [0.05, 0.1) is 5.56 Å². The fourth-order valence-electron chi connectivity index (χ4n) is 2.36. The molecule has 0 saturated heterocycles. The van der Waals surface area contributed by atoms with Crippen LogP contribution < -0.4 is 0 Å². The minimum atomic E-state index is 0.648.